The van der Waals surface area contributed by atoms with E-state index in [2.05, 4.69) is 25.5 Å². The molecule has 3 saturated carbocycles. The van der Waals surface area contributed by atoms with Crippen molar-refractivity contribution in [1.29, 1.82) is 0 Å². The Balaban J connectivity index is 1.49. The molecule has 0 amide bonds. The van der Waals surface area contributed by atoms with Crippen LogP contribution in [0.15, 0.2) is 36.9 Å². The van der Waals surface area contributed by atoms with E-state index in [0.29, 0.717) is 11.6 Å². The van der Waals surface area contributed by atoms with E-state index in [-0.39, 0.29) is 25.3 Å². The van der Waals surface area contributed by atoms with Gasteiger partial charge in [-0.2, -0.15) is 0 Å². The van der Waals surface area contributed by atoms with Crippen LogP contribution in [-0.2, 0) is 17.6 Å². The van der Waals surface area contributed by atoms with Gasteiger partial charge in [-0.1, -0.05) is 0 Å². The van der Waals surface area contributed by atoms with Gasteiger partial charge in [-0.05, 0) is 47.4 Å². The van der Waals surface area contributed by atoms with E-state index in [4.69, 9.17) is 4.74 Å². The summed E-state index contributed by atoms with van der Waals surface area (Å²) in [4.78, 5) is 8.08. The molecule has 3 fully saturated rings. The summed E-state index contributed by atoms with van der Waals surface area (Å²) < 4.78 is 66.0. The van der Waals surface area contributed by atoms with E-state index in [1.54, 1.807) is 12.4 Å². The number of halogens is 4. The molecule has 168 valence electrons. The van der Waals surface area contributed by atoms with Crippen molar-refractivity contribution in [1.82, 2.24) is 30.2 Å². The average molecular weight is 450 g/mol. The van der Waals surface area contributed by atoms with Crippen LogP contribution in [0.3, 0.4) is 0 Å². The number of benzene rings is 1. The van der Waals surface area contributed by atoms with Crippen LogP contribution in [0.25, 0.3) is 0 Å². The third kappa shape index (κ3) is 2.68. The zero-order valence-corrected chi connectivity index (χ0v) is 16.8. The Kier molecular flexibility index (Phi) is 4.32. The van der Waals surface area contributed by atoms with Crippen molar-refractivity contribution < 1.29 is 27.4 Å². The van der Waals surface area contributed by atoms with Crippen LogP contribution >= 0.6 is 0 Å². The summed E-state index contributed by atoms with van der Waals surface area (Å²) in [5.41, 5.74) is -5.13. The molecule has 12 heteroatoms. The van der Waals surface area contributed by atoms with E-state index in [1.165, 1.54) is 7.11 Å². The van der Waals surface area contributed by atoms with Gasteiger partial charge in [0.05, 0.1) is 13.7 Å². The molecule has 2 aromatic heterocycles. The Hall–Kier alpha value is -3.15. The topological polar surface area (TPSA) is 98.8 Å². The Morgan fingerprint density at radius 3 is 2.41 bits per heavy atom. The smallest absolute Gasteiger partial charge is 0.316 e. The number of aromatic nitrogens is 6. The predicted octanol–water partition coefficient (Wildman–Crippen LogP) is 2.39. The lowest BCUT2D eigenvalue weighted by atomic mass is 9.31. The zero-order chi connectivity index (χ0) is 22.8. The summed E-state index contributed by atoms with van der Waals surface area (Å²) in [6.45, 7) is -0.810. The van der Waals surface area contributed by atoms with E-state index in [0.717, 1.165) is 23.1 Å². The minimum Gasteiger partial charge on any atom is -0.467 e. The van der Waals surface area contributed by atoms with Crippen molar-refractivity contribution in [3.8, 4) is 6.01 Å². The lowest BCUT2D eigenvalue weighted by molar-refractivity contribution is -0.347. The van der Waals surface area contributed by atoms with Gasteiger partial charge in [0.1, 0.15) is 18.0 Å². The Morgan fingerprint density at radius 2 is 1.84 bits per heavy atom. The molecule has 0 aliphatic heterocycles. The molecule has 1 aromatic carbocycles. The maximum absolute atomic E-state index is 16.1. The van der Waals surface area contributed by atoms with Crippen LogP contribution in [0.1, 0.15) is 30.4 Å². The van der Waals surface area contributed by atoms with E-state index in [9.17, 15) is 13.9 Å². The van der Waals surface area contributed by atoms with Crippen LogP contribution in [-0.4, -0.2) is 48.3 Å². The maximum Gasteiger partial charge on any atom is 0.316 e. The lowest BCUT2D eigenvalue weighted by Gasteiger charge is -2.74. The third-order valence-electron chi connectivity index (χ3n) is 6.80. The number of tetrazole rings is 1. The summed E-state index contributed by atoms with van der Waals surface area (Å²) in [6, 6.07) is 2.30. The molecular weight excluding hydrogens is 432 g/mol. The number of nitrogens with zero attached hydrogens (tertiary/aromatic N) is 6. The quantitative estimate of drug-likeness (QED) is 0.552. The van der Waals surface area contributed by atoms with Gasteiger partial charge in [-0.15, -0.1) is 5.10 Å². The molecule has 8 nitrogen and oxygen atoms in total. The molecule has 3 aliphatic rings. The highest BCUT2D eigenvalue weighted by Crippen LogP contribution is 2.80. The highest BCUT2D eigenvalue weighted by Gasteiger charge is 2.82. The molecule has 1 N–H and O–H groups in total. The zero-order valence-electron chi connectivity index (χ0n) is 16.8. The molecule has 6 rings (SSSR count). The highest BCUT2D eigenvalue weighted by atomic mass is 19.3. The van der Waals surface area contributed by atoms with Crippen molar-refractivity contribution in [2.45, 2.75) is 42.7 Å². The van der Waals surface area contributed by atoms with Gasteiger partial charge in [0, 0.05) is 34.9 Å². The van der Waals surface area contributed by atoms with Gasteiger partial charge >= 0.3 is 6.01 Å². The maximum atomic E-state index is 16.1. The lowest BCUT2D eigenvalue weighted by Crippen LogP contribution is -2.76. The second-order valence-corrected chi connectivity index (χ2v) is 8.62. The normalized spacial score (nSPS) is 26.1. The van der Waals surface area contributed by atoms with Crippen molar-refractivity contribution in [3.05, 3.63) is 59.7 Å². The van der Waals surface area contributed by atoms with E-state index in [1.807, 2.05) is 0 Å². The van der Waals surface area contributed by atoms with E-state index >= 15 is 8.78 Å². The average Bonchev–Trinajstić information content (AvgIpc) is 3.18. The molecule has 1 atom stereocenters. The summed E-state index contributed by atoms with van der Waals surface area (Å²) >= 11 is 0. The molecule has 0 saturated heterocycles. The molecule has 0 unspecified atom stereocenters. The van der Waals surface area contributed by atoms with Crippen LogP contribution in [0.4, 0.5) is 17.6 Å². The predicted molar refractivity (Wildman–Crippen MR) is 99.6 cm³/mol. The fourth-order valence-corrected chi connectivity index (χ4v) is 5.23. The number of hydrogen-bond acceptors (Lipinski definition) is 7. The SMILES string of the molecule is COc1ncc(C23CC(C(F)(F)[C@](O)(Cn4cnnn4)c4ccc(F)cc4F)(C2)C3)cn1. The number of ether oxygens (including phenoxy) is 1. The van der Waals surface area contributed by atoms with Gasteiger partial charge < -0.3 is 9.84 Å². The first kappa shape index (κ1) is 20.7. The first-order chi connectivity index (χ1) is 15.1. The number of rotatable bonds is 7. The van der Waals surface area contributed by atoms with Crippen LogP contribution < -0.4 is 4.74 Å². The minimum atomic E-state index is -3.78. The fourth-order valence-electron chi connectivity index (χ4n) is 5.23. The van der Waals surface area contributed by atoms with Gasteiger partial charge in [0.2, 0.25) is 0 Å². The molecular formula is C20H18F4N6O2. The standard InChI is InChI=1S/C20H18F4N6O2/c1-32-16-25-5-12(6-26-16)17-7-18(8-17,9-17)20(23,24)19(31,10-30-11-27-28-29-30)14-3-2-13(21)4-15(14)22/h2-6,11,31H,7-10H2,1H3/t17?,18?,19-/m0/s1. The van der Waals surface area contributed by atoms with Crippen LogP contribution in [0, 0.1) is 17.0 Å². The Bertz CT molecular complexity index is 1140. The first-order valence-electron chi connectivity index (χ1n) is 9.78. The van der Waals surface area contributed by atoms with Crippen molar-refractivity contribution in [3.63, 3.8) is 0 Å². The number of hydrogen-bond donors (Lipinski definition) is 1. The first-order valence-corrected chi connectivity index (χ1v) is 9.78. The molecule has 0 spiro atoms. The van der Waals surface area contributed by atoms with Crippen LogP contribution in [0.5, 0.6) is 6.01 Å². The summed E-state index contributed by atoms with van der Waals surface area (Å²) in [5.74, 6) is -5.99. The largest absolute Gasteiger partial charge is 0.467 e. The van der Waals surface area contributed by atoms with Gasteiger partial charge in [-0.3, -0.25) is 0 Å². The molecule has 32 heavy (non-hydrogen) atoms. The number of alkyl halides is 2. The number of methoxy groups -OCH3 is 1. The van der Waals surface area contributed by atoms with Crippen molar-refractivity contribution >= 4 is 0 Å². The molecule has 0 radical (unpaired) electrons. The van der Waals surface area contributed by atoms with Gasteiger partial charge in [0.25, 0.3) is 5.92 Å². The summed E-state index contributed by atoms with van der Waals surface area (Å²) in [7, 11) is 1.42. The molecule has 2 heterocycles. The second-order valence-electron chi connectivity index (χ2n) is 8.62. The highest BCUT2D eigenvalue weighted by molar-refractivity contribution is 5.41. The summed E-state index contributed by atoms with van der Waals surface area (Å²) in [5, 5.41) is 21.6. The van der Waals surface area contributed by atoms with Gasteiger partial charge in [0.15, 0.2) is 5.60 Å². The summed E-state index contributed by atoms with van der Waals surface area (Å²) in [6.07, 6.45) is 4.30. The molecule has 3 aliphatic carbocycles. The minimum absolute atomic E-state index is 0.0589. The van der Waals surface area contributed by atoms with Gasteiger partial charge in [-0.25, -0.2) is 32.2 Å². The van der Waals surface area contributed by atoms with Crippen molar-refractivity contribution in [2.24, 2.45) is 5.41 Å². The second kappa shape index (κ2) is 6.67. The monoisotopic (exact) mass is 450 g/mol. The van der Waals surface area contributed by atoms with E-state index < -0.39 is 46.1 Å². The third-order valence-corrected chi connectivity index (χ3v) is 6.80. The Morgan fingerprint density at radius 1 is 1.16 bits per heavy atom. The Labute approximate surface area is 179 Å². The number of aliphatic hydroxyl groups is 1. The molecule has 2 bridgehead atoms. The fraction of sp³-hybridized carbons (Fsp3) is 0.450. The van der Waals surface area contributed by atoms with Crippen LogP contribution in [0.2, 0.25) is 0 Å². The molecule has 3 aromatic rings. The van der Waals surface area contributed by atoms with Crippen molar-refractivity contribution in [2.75, 3.05) is 7.11 Å².